The van der Waals surface area contributed by atoms with E-state index in [0.29, 0.717) is 12.3 Å². The summed E-state index contributed by atoms with van der Waals surface area (Å²) in [5, 5.41) is 6.24. The van der Waals surface area contributed by atoms with E-state index < -0.39 is 0 Å². The van der Waals surface area contributed by atoms with Gasteiger partial charge in [-0.1, -0.05) is 0 Å². The molecule has 0 aromatic heterocycles. The molecule has 96 valence electrons. The van der Waals surface area contributed by atoms with Crippen molar-refractivity contribution in [3.05, 3.63) is 0 Å². The molecule has 0 aromatic carbocycles. The van der Waals surface area contributed by atoms with Crippen LogP contribution in [0.15, 0.2) is 0 Å². The Morgan fingerprint density at radius 3 is 2.82 bits per heavy atom. The summed E-state index contributed by atoms with van der Waals surface area (Å²) in [5.41, 5.74) is 0. The van der Waals surface area contributed by atoms with E-state index in [1.807, 2.05) is 0 Å². The standard InChI is InChI=1S/C12H21N3O2/c16-11(9-15-7-1-2-12(15)17)14-8-10-3-5-13-6-4-10/h10,13H,1-9H2,(H,14,16). The largest absolute Gasteiger partial charge is 0.354 e. The zero-order valence-corrected chi connectivity index (χ0v) is 10.2. The van der Waals surface area contributed by atoms with Gasteiger partial charge in [-0.15, -0.1) is 0 Å². The van der Waals surface area contributed by atoms with Crippen molar-refractivity contribution < 1.29 is 9.59 Å². The number of hydrogen-bond donors (Lipinski definition) is 2. The molecule has 0 bridgehead atoms. The van der Waals surface area contributed by atoms with E-state index in [9.17, 15) is 9.59 Å². The number of carbonyl (C=O) groups excluding carboxylic acids is 2. The van der Waals surface area contributed by atoms with Crippen molar-refractivity contribution in [2.24, 2.45) is 5.92 Å². The van der Waals surface area contributed by atoms with Crippen LogP contribution in [0.3, 0.4) is 0 Å². The van der Waals surface area contributed by atoms with Gasteiger partial charge in [0.05, 0.1) is 6.54 Å². The molecule has 0 aromatic rings. The molecule has 17 heavy (non-hydrogen) atoms. The van der Waals surface area contributed by atoms with Crippen LogP contribution in [0.25, 0.3) is 0 Å². The lowest BCUT2D eigenvalue weighted by atomic mass is 9.98. The molecule has 2 fully saturated rings. The molecule has 2 N–H and O–H groups in total. The van der Waals surface area contributed by atoms with E-state index in [2.05, 4.69) is 10.6 Å². The number of nitrogens with one attached hydrogen (secondary N) is 2. The second kappa shape index (κ2) is 6.00. The molecule has 2 amide bonds. The fraction of sp³-hybridized carbons (Fsp3) is 0.833. The molecule has 0 radical (unpaired) electrons. The van der Waals surface area contributed by atoms with Crippen LogP contribution in [-0.2, 0) is 9.59 Å². The van der Waals surface area contributed by atoms with E-state index in [1.165, 1.54) is 0 Å². The average Bonchev–Trinajstić information content (AvgIpc) is 2.74. The number of piperidine rings is 1. The predicted molar refractivity (Wildman–Crippen MR) is 64.4 cm³/mol. The zero-order chi connectivity index (χ0) is 12.1. The molecule has 2 aliphatic heterocycles. The molecule has 5 nitrogen and oxygen atoms in total. The van der Waals surface area contributed by atoms with Gasteiger partial charge in [-0.25, -0.2) is 0 Å². The van der Waals surface area contributed by atoms with Crippen LogP contribution >= 0.6 is 0 Å². The average molecular weight is 239 g/mol. The van der Waals surface area contributed by atoms with Gasteiger partial charge in [-0.05, 0) is 38.3 Å². The van der Waals surface area contributed by atoms with Crippen LogP contribution < -0.4 is 10.6 Å². The first-order chi connectivity index (χ1) is 8.25. The van der Waals surface area contributed by atoms with E-state index in [4.69, 9.17) is 0 Å². The zero-order valence-electron chi connectivity index (χ0n) is 10.2. The third-order valence-electron chi connectivity index (χ3n) is 3.55. The van der Waals surface area contributed by atoms with E-state index >= 15 is 0 Å². The first kappa shape index (κ1) is 12.4. The summed E-state index contributed by atoms with van der Waals surface area (Å²) < 4.78 is 0. The highest BCUT2D eigenvalue weighted by atomic mass is 16.2. The number of carbonyl (C=O) groups is 2. The van der Waals surface area contributed by atoms with Crippen molar-refractivity contribution in [3.8, 4) is 0 Å². The number of likely N-dealkylation sites (tertiary alicyclic amines) is 1. The predicted octanol–water partition coefficient (Wildman–Crippen LogP) is -0.275. The van der Waals surface area contributed by atoms with Gasteiger partial charge in [0.25, 0.3) is 0 Å². The Morgan fingerprint density at radius 1 is 1.41 bits per heavy atom. The molecule has 0 aliphatic carbocycles. The van der Waals surface area contributed by atoms with Crippen LogP contribution in [0.5, 0.6) is 0 Å². The Balaban J connectivity index is 1.64. The maximum absolute atomic E-state index is 11.7. The first-order valence-electron chi connectivity index (χ1n) is 6.51. The highest BCUT2D eigenvalue weighted by Gasteiger charge is 2.22. The lowest BCUT2D eigenvalue weighted by molar-refractivity contribution is -0.133. The molecule has 2 saturated heterocycles. The Hall–Kier alpha value is -1.10. The van der Waals surface area contributed by atoms with Gasteiger partial charge in [-0.2, -0.15) is 0 Å². The van der Waals surface area contributed by atoms with Gasteiger partial charge >= 0.3 is 0 Å². The fourth-order valence-corrected chi connectivity index (χ4v) is 2.44. The van der Waals surface area contributed by atoms with Crippen molar-refractivity contribution in [2.45, 2.75) is 25.7 Å². The minimum Gasteiger partial charge on any atom is -0.354 e. The molecule has 0 unspecified atom stereocenters. The topological polar surface area (TPSA) is 61.4 Å². The lowest BCUT2D eigenvalue weighted by Gasteiger charge is -2.23. The Labute approximate surface area is 102 Å². The molecule has 0 saturated carbocycles. The maximum atomic E-state index is 11.7. The molecule has 2 heterocycles. The smallest absolute Gasteiger partial charge is 0.239 e. The number of rotatable bonds is 4. The maximum Gasteiger partial charge on any atom is 0.239 e. The van der Waals surface area contributed by atoms with Crippen LogP contribution in [0.1, 0.15) is 25.7 Å². The van der Waals surface area contributed by atoms with Gasteiger partial charge in [0.1, 0.15) is 0 Å². The molecule has 0 spiro atoms. The van der Waals surface area contributed by atoms with Crippen molar-refractivity contribution in [1.29, 1.82) is 0 Å². The van der Waals surface area contributed by atoms with Gasteiger partial charge in [0.15, 0.2) is 0 Å². The number of nitrogens with zero attached hydrogens (tertiary/aromatic N) is 1. The highest BCUT2D eigenvalue weighted by Crippen LogP contribution is 2.10. The molecule has 2 aliphatic rings. The van der Waals surface area contributed by atoms with Crippen LogP contribution in [0, 0.1) is 5.92 Å². The fourth-order valence-electron chi connectivity index (χ4n) is 2.44. The van der Waals surface area contributed by atoms with Gasteiger partial charge < -0.3 is 15.5 Å². The van der Waals surface area contributed by atoms with Crippen molar-refractivity contribution in [2.75, 3.05) is 32.7 Å². The second-order valence-electron chi connectivity index (χ2n) is 4.92. The second-order valence-corrected chi connectivity index (χ2v) is 4.92. The Bertz CT molecular complexity index is 287. The number of hydrogen-bond acceptors (Lipinski definition) is 3. The third-order valence-corrected chi connectivity index (χ3v) is 3.55. The van der Waals surface area contributed by atoms with Crippen molar-refractivity contribution in [1.82, 2.24) is 15.5 Å². The van der Waals surface area contributed by atoms with Gasteiger partial charge in [-0.3, -0.25) is 9.59 Å². The van der Waals surface area contributed by atoms with Crippen LogP contribution in [0.2, 0.25) is 0 Å². The third kappa shape index (κ3) is 3.70. The SMILES string of the molecule is O=C(CN1CCCC1=O)NCC1CCNCC1. The van der Waals surface area contributed by atoms with E-state index in [1.54, 1.807) is 4.90 Å². The summed E-state index contributed by atoms with van der Waals surface area (Å²) in [7, 11) is 0. The molecule has 2 rings (SSSR count). The van der Waals surface area contributed by atoms with Crippen LogP contribution in [0.4, 0.5) is 0 Å². The Kier molecular flexibility index (Phi) is 4.36. The Morgan fingerprint density at radius 2 is 2.18 bits per heavy atom. The van der Waals surface area contributed by atoms with Crippen molar-refractivity contribution in [3.63, 3.8) is 0 Å². The monoisotopic (exact) mass is 239 g/mol. The quantitative estimate of drug-likeness (QED) is 0.709. The molecular weight excluding hydrogens is 218 g/mol. The first-order valence-corrected chi connectivity index (χ1v) is 6.51. The summed E-state index contributed by atoms with van der Waals surface area (Å²) in [5.74, 6) is 0.690. The van der Waals surface area contributed by atoms with E-state index in [-0.39, 0.29) is 18.4 Å². The van der Waals surface area contributed by atoms with Gasteiger partial charge in [0.2, 0.25) is 11.8 Å². The van der Waals surface area contributed by atoms with Crippen molar-refractivity contribution >= 4 is 11.8 Å². The summed E-state index contributed by atoms with van der Waals surface area (Å²) in [6, 6.07) is 0. The van der Waals surface area contributed by atoms with Gasteiger partial charge in [0, 0.05) is 19.5 Å². The molecule has 5 heteroatoms. The summed E-state index contributed by atoms with van der Waals surface area (Å²) in [6.45, 7) is 3.82. The van der Waals surface area contributed by atoms with E-state index in [0.717, 1.165) is 45.4 Å². The molecule has 0 atom stereocenters. The normalized spacial score (nSPS) is 21.9. The van der Waals surface area contributed by atoms with Crippen LogP contribution in [-0.4, -0.2) is 49.4 Å². The lowest BCUT2D eigenvalue weighted by Crippen LogP contribution is -2.41. The number of amides is 2. The minimum absolute atomic E-state index is 0.0150. The highest BCUT2D eigenvalue weighted by molar-refractivity contribution is 5.85. The minimum atomic E-state index is -0.0150. The summed E-state index contributed by atoms with van der Waals surface area (Å²) in [6.07, 6.45) is 3.74. The summed E-state index contributed by atoms with van der Waals surface area (Å²) >= 11 is 0. The summed E-state index contributed by atoms with van der Waals surface area (Å²) in [4.78, 5) is 24.7. The molecular formula is C12H21N3O2.